The first-order valence-electron chi connectivity index (χ1n) is 9.76. The molecule has 1 fully saturated rings. The molecule has 1 saturated heterocycles. The topological polar surface area (TPSA) is 89.9 Å². The molecule has 0 bridgehead atoms. The molecule has 1 aliphatic rings. The van der Waals surface area contributed by atoms with Crippen LogP contribution < -0.4 is 0 Å². The SMILES string of the molecule is CCn1ccnc1C1CCN(C(=O)CCc2nc(-c3ccncc3)no2)CC1. The van der Waals surface area contributed by atoms with Gasteiger partial charge in [0.15, 0.2) is 0 Å². The average Bonchev–Trinajstić information content (AvgIpc) is 3.42. The van der Waals surface area contributed by atoms with Crippen molar-refractivity contribution in [3.63, 3.8) is 0 Å². The number of carbonyl (C=O) groups excluding carboxylic acids is 1. The van der Waals surface area contributed by atoms with Crippen LogP contribution in [0.15, 0.2) is 41.4 Å². The number of hydrogen-bond donors (Lipinski definition) is 0. The fraction of sp³-hybridized carbons (Fsp3) is 0.450. The van der Waals surface area contributed by atoms with Crippen LogP contribution in [0.3, 0.4) is 0 Å². The highest BCUT2D eigenvalue weighted by Gasteiger charge is 2.26. The Labute approximate surface area is 163 Å². The number of amides is 1. The zero-order valence-corrected chi connectivity index (χ0v) is 16.0. The van der Waals surface area contributed by atoms with Crippen molar-refractivity contribution < 1.29 is 9.32 Å². The Bertz CT molecular complexity index is 912. The van der Waals surface area contributed by atoms with E-state index in [1.54, 1.807) is 12.4 Å². The van der Waals surface area contributed by atoms with Gasteiger partial charge < -0.3 is 14.0 Å². The predicted octanol–water partition coefficient (Wildman–Crippen LogP) is 2.69. The number of aromatic nitrogens is 5. The molecule has 0 aliphatic carbocycles. The Kier molecular flexibility index (Phi) is 5.45. The van der Waals surface area contributed by atoms with Crippen LogP contribution in [-0.4, -0.2) is 48.6 Å². The monoisotopic (exact) mass is 380 g/mol. The molecule has 146 valence electrons. The van der Waals surface area contributed by atoms with Gasteiger partial charge in [0.1, 0.15) is 5.82 Å². The molecule has 0 radical (unpaired) electrons. The van der Waals surface area contributed by atoms with E-state index >= 15 is 0 Å². The fourth-order valence-corrected chi connectivity index (χ4v) is 3.68. The summed E-state index contributed by atoms with van der Waals surface area (Å²) in [5.41, 5.74) is 0.851. The Morgan fingerprint density at radius 3 is 2.75 bits per heavy atom. The molecule has 0 saturated carbocycles. The van der Waals surface area contributed by atoms with Gasteiger partial charge in [-0.05, 0) is 31.9 Å². The number of imidazole rings is 1. The minimum atomic E-state index is 0.140. The lowest BCUT2D eigenvalue weighted by atomic mass is 9.95. The second-order valence-electron chi connectivity index (χ2n) is 6.97. The second kappa shape index (κ2) is 8.33. The zero-order valence-electron chi connectivity index (χ0n) is 16.0. The molecular weight excluding hydrogens is 356 g/mol. The predicted molar refractivity (Wildman–Crippen MR) is 102 cm³/mol. The molecule has 0 atom stereocenters. The summed E-state index contributed by atoms with van der Waals surface area (Å²) in [4.78, 5) is 27.4. The first kappa shape index (κ1) is 18.3. The number of piperidine rings is 1. The third-order valence-electron chi connectivity index (χ3n) is 5.26. The van der Waals surface area contributed by atoms with Gasteiger partial charge in [0.05, 0.1) is 0 Å². The maximum atomic E-state index is 12.6. The Hall–Kier alpha value is -3.03. The maximum absolute atomic E-state index is 12.6. The lowest BCUT2D eigenvalue weighted by Crippen LogP contribution is -2.38. The van der Waals surface area contributed by atoms with E-state index in [1.807, 2.05) is 29.4 Å². The van der Waals surface area contributed by atoms with Crippen molar-refractivity contribution in [1.29, 1.82) is 0 Å². The van der Waals surface area contributed by atoms with Gasteiger partial charge in [0.25, 0.3) is 0 Å². The summed E-state index contributed by atoms with van der Waals surface area (Å²) in [5, 5.41) is 3.98. The summed E-state index contributed by atoms with van der Waals surface area (Å²) in [6, 6.07) is 3.65. The quantitative estimate of drug-likeness (QED) is 0.653. The van der Waals surface area contributed by atoms with Gasteiger partial charge in [-0.15, -0.1) is 0 Å². The molecule has 0 spiro atoms. The molecule has 0 N–H and O–H groups in total. The molecule has 8 nitrogen and oxygen atoms in total. The van der Waals surface area contributed by atoms with Gasteiger partial charge in [0.2, 0.25) is 17.6 Å². The summed E-state index contributed by atoms with van der Waals surface area (Å²) in [6.45, 7) is 4.60. The van der Waals surface area contributed by atoms with Crippen LogP contribution in [0.25, 0.3) is 11.4 Å². The van der Waals surface area contributed by atoms with Gasteiger partial charge in [-0.25, -0.2) is 4.98 Å². The summed E-state index contributed by atoms with van der Waals surface area (Å²) in [6.07, 6.45) is 10.0. The largest absolute Gasteiger partial charge is 0.343 e. The molecular formula is C20H24N6O2. The van der Waals surface area contributed by atoms with Crippen LogP contribution in [-0.2, 0) is 17.8 Å². The van der Waals surface area contributed by atoms with Crippen LogP contribution in [0.4, 0.5) is 0 Å². The first-order valence-corrected chi connectivity index (χ1v) is 9.76. The molecule has 3 aromatic heterocycles. The lowest BCUT2D eigenvalue weighted by molar-refractivity contribution is -0.132. The third kappa shape index (κ3) is 3.95. The Morgan fingerprint density at radius 2 is 2.00 bits per heavy atom. The van der Waals surface area contributed by atoms with Crippen molar-refractivity contribution in [2.75, 3.05) is 13.1 Å². The van der Waals surface area contributed by atoms with E-state index in [2.05, 4.69) is 31.6 Å². The summed E-state index contributed by atoms with van der Waals surface area (Å²) >= 11 is 0. The van der Waals surface area contributed by atoms with E-state index in [0.29, 0.717) is 30.5 Å². The number of aryl methyl sites for hydroxylation is 2. The van der Waals surface area contributed by atoms with E-state index in [4.69, 9.17) is 4.52 Å². The van der Waals surface area contributed by atoms with E-state index < -0.39 is 0 Å². The molecule has 0 aromatic carbocycles. The maximum Gasteiger partial charge on any atom is 0.227 e. The molecule has 3 aromatic rings. The van der Waals surface area contributed by atoms with Crippen molar-refractivity contribution >= 4 is 5.91 Å². The molecule has 4 rings (SSSR count). The first-order chi connectivity index (χ1) is 13.7. The van der Waals surface area contributed by atoms with E-state index in [9.17, 15) is 4.79 Å². The van der Waals surface area contributed by atoms with E-state index in [0.717, 1.165) is 43.9 Å². The van der Waals surface area contributed by atoms with Crippen molar-refractivity contribution in [1.82, 2.24) is 29.6 Å². The van der Waals surface area contributed by atoms with Crippen LogP contribution in [0.2, 0.25) is 0 Å². The standard InChI is InChI=1S/C20H24N6O2/c1-2-25-14-11-22-20(25)16-7-12-26(13-8-16)18(27)4-3-17-23-19(24-28-17)15-5-9-21-10-6-15/h5-6,9-11,14,16H,2-4,7-8,12-13H2,1H3. The minimum absolute atomic E-state index is 0.140. The summed E-state index contributed by atoms with van der Waals surface area (Å²) in [5.74, 6) is 2.72. The molecule has 8 heteroatoms. The molecule has 4 heterocycles. The van der Waals surface area contributed by atoms with Crippen LogP contribution in [0, 0.1) is 0 Å². The number of rotatable bonds is 6. The van der Waals surface area contributed by atoms with Gasteiger partial charge in [-0.3, -0.25) is 9.78 Å². The minimum Gasteiger partial charge on any atom is -0.343 e. The molecule has 28 heavy (non-hydrogen) atoms. The normalized spacial score (nSPS) is 15.1. The van der Waals surface area contributed by atoms with Gasteiger partial charge in [-0.1, -0.05) is 5.16 Å². The van der Waals surface area contributed by atoms with Gasteiger partial charge in [-0.2, -0.15) is 4.98 Å². The van der Waals surface area contributed by atoms with Crippen LogP contribution >= 0.6 is 0 Å². The highest BCUT2D eigenvalue weighted by atomic mass is 16.5. The lowest BCUT2D eigenvalue weighted by Gasteiger charge is -2.32. The van der Waals surface area contributed by atoms with Gasteiger partial charge >= 0.3 is 0 Å². The zero-order chi connectivity index (χ0) is 19.3. The van der Waals surface area contributed by atoms with Crippen molar-refractivity contribution in [2.45, 2.75) is 45.1 Å². The average molecular weight is 380 g/mol. The van der Waals surface area contributed by atoms with Crippen molar-refractivity contribution in [3.05, 3.63) is 48.6 Å². The Morgan fingerprint density at radius 1 is 1.21 bits per heavy atom. The third-order valence-corrected chi connectivity index (χ3v) is 5.26. The van der Waals surface area contributed by atoms with E-state index in [-0.39, 0.29) is 5.91 Å². The highest BCUT2D eigenvalue weighted by Crippen LogP contribution is 2.27. The van der Waals surface area contributed by atoms with Crippen LogP contribution in [0.5, 0.6) is 0 Å². The van der Waals surface area contributed by atoms with Crippen molar-refractivity contribution in [3.8, 4) is 11.4 Å². The Balaban J connectivity index is 1.28. The van der Waals surface area contributed by atoms with Crippen molar-refractivity contribution in [2.24, 2.45) is 0 Å². The number of hydrogen-bond acceptors (Lipinski definition) is 6. The highest BCUT2D eigenvalue weighted by molar-refractivity contribution is 5.76. The number of carbonyl (C=O) groups is 1. The number of nitrogens with zero attached hydrogens (tertiary/aromatic N) is 6. The smallest absolute Gasteiger partial charge is 0.227 e. The summed E-state index contributed by atoms with van der Waals surface area (Å²) in [7, 11) is 0. The molecule has 0 unspecified atom stereocenters. The summed E-state index contributed by atoms with van der Waals surface area (Å²) < 4.78 is 7.48. The fourth-order valence-electron chi connectivity index (χ4n) is 3.68. The number of pyridine rings is 1. The number of likely N-dealkylation sites (tertiary alicyclic amines) is 1. The molecule has 1 aliphatic heterocycles. The van der Waals surface area contributed by atoms with E-state index in [1.165, 1.54) is 0 Å². The molecule has 1 amide bonds. The second-order valence-corrected chi connectivity index (χ2v) is 6.97. The van der Waals surface area contributed by atoms with Crippen LogP contribution in [0.1, 0.15) is 43.8 Å². The van der Waals surface area contributed by atoms with Gasteiger partial charge in [0, 0.05) is 68.7 Å².